The van der Waals surface area contributed by atoms with Gasteiger partial charge in [-0.1, -0.05) is 35.9 Å². The molecule has 31 heavy (non-hydrogen) atoms. The Labute approximate surface area is 180 Å². The quantitative estimate of drug-likeness (QED) is 0.259. The Balaban J connectivity index is 2.32. The maximum absolute atomic E-state index is 12.6. The lowest BCUT2D eigenvalue weighted by Gasteiger charge is -2.26. The van der Waals surface area contributed by atoms with Gasteiger partial charge in [0.25, 0.3) is 5.91 Å². The average molecular weight is 430 g/mol. The van der Waals surface area contributed by atoms with Crippen LogP contribution in [0.15, 0.2) is 60.7 Å². The Morgan fingerprint density at radius 2 is 1.84 bits per heavy atom. The smallest absolute Gasteiger partial charge is 0.412 e. The van der Waals surface area contributed by atoms with Crippen LogP contribution in [0.5, 0.6) is 5.75 Å². The zero-order chi connectivity index (χ0) is 22.6. The molecule has 4 N–H and O–H groups in total. The summed E-state index contributed by atoms with van der Waals surface area (Å²) in [6, 6.07) is 14.0. The van der Waals surface area contributed by atoms with E-state index in [4.69, 9.17) is 24.5 Å². The van der Waals surface area contributed by atoms with Crippen molar-refractivity contribution < 1.29 is 34.1 Å². The van der Waals surface area contributed by atoms with E-state index in [9.17, 15) is 9.59 Å². The number of nitrogens with one attached hydrogen (secondary N) is 2. The molecule has 0 aliphatic carbocycles. The van der Waals surface area contributed by atoms with Crippen molar-refractivity contribution in [3.8, 4) is 5.75 Å². The van der Waals surface area contributed by atoms with E-state index in [1.54, 1.807) is 36.4 Å². The number of hydroxylamine groups is 1. The van der Waals surface area contributed by atoms with Crippen LogP contribution in [0.2, 0.25) is 0 Å². The topological polar surface area (TPSA) is 126 Å². The van der Waals surface area contributed by atoms with Gasteiger partial charge in [0, 0.05) is 24.4 Å². The highest BCUT2D eigenvalue weighted by Gasteiger charge is 2.28. The lowest BCUT2D eigenvalue weighted by molar-refractivity contribution is -0.124. The molecule has 9 heteroatoms. The summed E-state index contributed by atoms with van der Waals surface area (Å²) in [6.45, 7) is 1.78. The second kappa shape index (κ2) is 12.3. The number of carbonyl (C=O) groups is 2. The fourth-order valence-corrected chi connectivity index (χ4v) is 2.73. The number of ether oxygens (including phenoxy) is 3. The molecule has 2 aromatic carbocycles. The van der Waals surface area contributed by atoms with Gasteiger partial charge in [0.1, 0.15) is 18.5 Å². The number of para-hydroxylation sites is 1. The number of aryl methyl sites for hydroxylation is 1. The van der Waals surface area contributed by atoms with Crippen LogP contribution in [0.25, 0.3) is 0 Å². The summed E-state index contributed by atoms with van der Waals surface area (Å²) < 4.78 is 16.6. The Morgan fingerprint density at radius 1 is 1.13 bits per heavy atom. The zero-order valence-corrected chi connectivity index (χ0v) is 17.3. The number of aliphatic hydroxyl groups excluding tert-OH is 1. The van der Waals surface area contributed by atoms with E-state index < -0.39 is 24.2 Å². The molecule has 2 rings (SSSR count). The van der Waals surface area contributed by atoms with Crippen molar-refractivity contribution in [1.29, 1.82) is 0 Å². The van der Waals surface area contributed by atoms with Crippen LogP contribution >= 0.6 is 0 Å². The lowest BCUT2D eigenvalue weighted by atomic mass is 10.0. The first-order valence-electron chi connectivity index (χ1n) is 9.50. The second-order valence-corrected chi connectivity index (χ2v) is 6.46. The predicted octanol–water partition coefficient (Wildman–Crippen LogP) is 2.73. The third-order valence-corrected chi connectivity index (χ3v) is 4.22. The van der Waals surface area contributed by atoms with E-state index in [0.29, 0.717) is 17.0 Å². The zero-order valence-electron chi connectivity index (χ0n) is 17.3. The van der Waals surface area contributed by atoms with Gasteiger partial charge in [0.2, 0.25) is 0 Å². The van der Waals surface area contributed by atoms with Crippen LogP contribution in [-0.4, -0.2) is 48.7 Å². The molecule has 0 unspecified atom stereocenters. The Morgan fingerprint density at radius 3 is 2.48 bits per heavy atom. The number of carbonyl (C=O) groups excluding carboxylic acids is 2. The van der Waals surface area contributed by atoms with Crippen LogP contribution in [0.1, 0.15) is 17.2 Å². The standard InChI is InChI=1S/C22H26N2O7/c1-15-7-9-16(10-8-15)23-22(27)31-21(19(29-2)11-12-20(26)24-28)17-5-3-4-6-18(17)30-14-13-25/h3-12,19,21,25,28H,13-14H2,1-2H3,(H,23,27)(H,24,26)/b12-11+/t19-,21-/m0/s1. The maximum Gasteiger partial charge on any atom is 0.412 e. The molecule has 0 spiro atoms. The van der Waals surface area contributed by atoms with Gasteiger partial charge in [0.15, 0.2) is 6.10 Å². The number of rotatable bonds is 10. The number of anilines is 1. The Hall–Kier alpha value is -3.40. The SMILES string of the molecule is CO[C@@H](/C=C/C(=O)NO)[C@@H](OC(=O)Nc1ccc(C)cc1)c1ccccc1OCCO. The number of aliphatic hydroxyl groups is 1. The van der Waals surface area contributed by atoms with Crippen LogP contribution in [-0.2, 0) is 14.3 Å². The molecular weight excluding hydrogens is 404 g/mol. The summed E-state index contributed by atoms with van der Waals surface area (Å²) in [5.41, 5.74) is 3.54. The summed E-state index contributed by atoms with van der Waals surface area (Å²) in [5.74, 6) is -0.388. The number of hydrogen-bond donors (Lipinski definition) is 4. The molecule has 0 heterocycles. The molecule has 166 valence electrons. The molecule has 0 aliphatic rings. The highest BCUT2D eigenvalue weighted by atomic mass is 16.6. The molecule has 0 radical (unpaired) electrons. The molecule has 0 aliphatic heterocycles. The molecule has 0 bridgehead atoms. The van der Waals surface area contributed by atoms with Crippen LogP contribution in [0.4, 0.5) is 10.5 Å². The van der Waals surface area contributed by atoms with E-state index in [1.165, 1.54) is 18.7 Å². The van der Waals surface area contributed by atoms with Crippen molar-refractivity contribution >= 4 is 17.7 Å². The molecule has 0 saturated heterocycles. The van der Waals surface area contributed by atoms with Crippen molar-refractivity contribution in [2.75, 3.05) is 25.6 Å². The third kappa shape index (κ3) is 7.41. The van der Waals surface area contributed by atoms with Crippen molar-refractivity contribution in [3.63, 3.8) is 0 Å². The minimum absolute atomic E-state index is 0.0414. The predicted molar refractivity (Wildman–Crippen MR) is 113 cm³/mol. The molecule has 0 aromatic heterocycles. The molecule has 0 saturated carbocycles. The monoisotopic (exact) mass is 430 g/mol. The van der Waals surface area contributed by atoms with Gasteiger partial charge in [-0.25, -0.2) is 10.3 Å². The van der Waals surface area contributed by atoms with E-state index in [-0.39, 0.29) is 13.2 Å². The van der Waals surface area contributed by atoms with E-state index >= 15 is 0 Å². The van der Waals surface area contributed by atoms with Crippen LogP contribution in [0, 0.1) is 6.92 Å². The van der Waals surface area contributed by atoms with Gasteiger partial charge in [-0.2, -0.15) is 0 Å². The lowest BCUT2D eigenvalue weighted by Crippen LogP contribution is -2.28. The average Bonchev–Trinajstić information content (AvgIpc) is 2.78. The van der Waals surface area contributed by atoms with Crippen molar-refractivity contribution in [2.24, 2.45) is 0 Å². The molecule has 2 atom stereocenters. The van der Waals surface area contributed by atoms with Gasteiger partial charge >= 0.3 is 6.09 Å². The summed E-state index contributed by atoms with van der Waals surface area (Å²) in [7, 11) is 1.39. The van der Waals surface area contributed by atoms with E-state index in [1.807, 2.05) is 19.1 Å². The van der Waals surface area contributed by atoms with Gasteiger partial charge in [-0.15, -0.1) is 0 Å². The van der Waals surface area contributed by atoms with Crippen LogP contribution < -0.4 is 15.5 Å². The summed E-state index contributed by atoms with van der Waals surface area (Å²) in [6.07, 6.45) is -0.237. The van der Waals surface area contributed by atoms with Crippen molar-refractivity contribution in [3.05, 3.63) is 71.8 Å². The number of amides is 2. The van der Waals surface area contributed by atoms with Crippen molar-refractivity contribution in [2.45, 2.75) is 19.1 Å². The first kappa shape index (κ1) is 23.9. The van der Waals surface area contributed by atoms with Gasteiger partial charge in [-0.3, -0.25) is 15.3 Å². The number of methoxy groups -OCH3 is 1. The fourth-order valence-electron chi connectivity index (χ4n) is 2.73. The second-order valence-electron chi connectivity index (χ2n) is 6.46. The largest absolute Gasteiger partial charge is 0.491 e. The Kier molecular flexibility index (Phi) is 9.50. The first-order valence-corrected chi connectivity index (χ1v) is 9.50. The normalized spacial score (nSPS) is 12.8. The van der Waals surface area contributed by atoms with Crippen molar-refractivity contribution in [1.82, 2.24) is 5.48 Å². The fraction of sp³-hybridized carbons (Fsp3) is 0.273. The highest BCUT2D eigenvalue weighted by Crippen LogP contribution is 2.32. The van der Waals surface area contributed by atoms with Gasteiger partial charge in [-0.05, 0) is 31.2 Å². The summed E-state index contributed by atoms with van der Waals surface area (Å²) in [5, 5.41) is 20.5. The molecule has 9 nitrogen and oxygen atoms in total. The molecule has 2 aromatic rings. The van der Waals surface area contributed by atoms with E-state index in [0.717, 1.165) is 11.6 Å². The number of hydrogen-bond acceptors (Lipinski definition) is 7. The first-order chi connectivity index (χ1) is 15.0. The Bertz CT molecular complexity index is 884. The van der Waals surface area contributed by atoms with Gasteiger partial charge < -0.3 is 19.3 Å². The summed E-state index contributed by atoms with van der Waals surface area (Å²) >= 11 is 0. The minimum Gasteiger partial charge on any atom is -0.491 e. The van der Waals surface area contributed by atoms with Gasteiger partial charge in [0.05, 0.1) is 6.61 Å². The molecular formula is C22H26N2O7. The molecule has 0 fully saturated rings. The van der Waals surface area contributed by atoms with Crippen LogP contribution in [0.3, 0.4) is 0 Å². The van der Waals surface area contributed by atoms with E-state index in [2.05, 4.69) is 5.32 Å². The minimum atomic E-state index is -1.01. The summed E-state index contributed by atoms with van der Waals surface area (Å²) in [4.78, 5) is 24.0. The third-order valence-electron chi connectivity index (χ3n) is 4.22. The molecule has 2 amide bonds. The maximum atomic E-state index is 12.6. The number of benzene rings is 2. The highest BCUT2D eigenvalue weighted by molar-refractivity contribution is 5.86.